The number of hydrogen-bond donors (Lipinski definition) is 2. The van der Waals surface area contributed by atoms with Crippen LogP contribution in [-0.2, 0) is 6.54 Å². The Labute approximate surface area is 171 Å². The third-order valence-corrected chi connectivity index (χ3v) is 5.21. The van der Waals surface area contributed by atoms with E-state index in [2.05, 4.69) is 40.6 Å². The van der Waals surface area contributed by atoms with Gasteiger partial charge in [0.1, 0.15) is 5.69 Å². The van der Waals surface area contributed by atoms with E-state index in [1.165, 1.54) is 0 Å². The Bertz CT molecular complexity index is 1050. The van der Waals surface area contributed by atoms with Crippen LogP contribution >= 0.6 is 0 Å². The van der Waals surface area contributed by atoms with Gasteiger partial charge in [0.25, 0.3) is 5.91 Å². The summed E-state index contributed by atoms with van der Waals surface area (Å²) < 4.78 is 2.05. The number of nitrogens with zero attached hydrogens (tertiary/aromatic N) is 4. The van der Waals surface area contributed by atoms with Gasteiger partial charge in [0.2, 0.25) is 0 Å². The fraction of sp³-hybridized carbons (Fsp3) is 0.364. The van der Waals surface area contributed by atoms with Crippen LogP contribution < -0.4 is 10.6 Å². The number of fused-ring (bicyclic) bond motifs is 2. The second kappa shape index (κ2) is 7.85. The topological polar surface area (TPSA) is 65.4 Å². The Hall–Kier alpha value is -2.90. The third-order valence-electron chi connectivity index (χ3n) is 5.21. The normalized spacial score (nSPS) is 12.3. The number of likely N-dealkylation sites (N-methyl/N-ethyl adjacent to an activating group) is 2. The summed E-state index contributed by atoms with van der Waals surface area (Å²) in [7, 11) is 8.11. The zero-order valence-corrected chi connectivity index (χ0v) is 17.5. The summed E-state index contributed by atoms with van der Waals surface area (Å²) in [5, 5.41) is 12.5. The Morgan fingerprint density at radius 3 is 2.59 bits per heavy atom. The van der Waals surface area contributed by atoms with E-state index in [9.17, 15) is 4.79 Å². The first kappa shape index (κ1) is 19.4. The number of rotatable bonds is 7. The minimum atomic E-state index is -0.0670. The van der Waals surface area contributed by atoms with E-state index in [-0.39, 0.29) is 5.91 Å². The van der Waals surface area contributed by atoms with E-state index in [0.717, 1.165) is 53.2 Å². The fourth-order valence-electron chi connectivity index (χ4n) is 3.67. The number of aromatic nitrogens is 2. The number of benzene rings is 2. The summed E-state index contributed by atoms with van der Waals surface area (Å²) in [5.41, 5.74) is 5.52. The van der Waals surface area contributed by atoms with Crippen LogP contribution in [0.2, 0.25) is 0 Å². The van der Waals surface area contributed by atoms with Crippen molar-refractivity contribution < 1.29 is 4.79 Å². The van der Waals surface area contributed by atoms with Crippen molar-refractivity contribution in [3.8, 4) is 11.3 Å². The van der Waals surface area contributed by atoms with Gasteiger partial charge in [-0.05, 0) is 46.4 Å². The summed E-state index contributed by atoms with van der Waals surface area (Å²) in [6.07, 6.45) is 0. The molecule has 2 heterocycles. The minimum Gasteiger partial charge on any atom is -0.354 e. The van der Waals surface area contributed by atoms with Crippen LogP contribution in [0.25, 0.3) is 22.2 Å². The average Bonchev–Trinajstić information content (AvgIpc) is 3.06. The number of carbonyl (C=O) groups excluding carboxylic acids is 1. The van der Waals surface area contributed by atoms with E-state index in [0.29, 0.717) is 12.1 Å². The highest BCUT2D eigenvalue weighted by atomic mass is 16.1. The molecule has 1 aromatic heterocycles. The molecule has 1 amide bonds. The van der Waals surface area contributed by atoms with Crippen molar-refractivity contribution in [1.29, 1.82) is 0 Å². The number of anilines is 2. The molecule has 1 aliphatic heterocycles. The largest absolute Gasteiger partial charge is 0.354 e. The quantitative estimate of drug-likeness (QED) is 0.506. The van der Waals surface area contributed by atoms with Crippen molar-refractivity contribution in [2.75, 3.05) is 53.1 Å². The third kappa shape index (κ3) is 3.71. The molecule has 2 aromatic carbocycles. The molecule has 0 saturated heterocycles. The van der Waals surface area contributed by atoms with Gasteiger partial charge in [-0.2, -0.15) is 5.10 Å². The number of carbonyl (C=O) groups is 1. The molecule has 0 radical (unpaired) electrons. The molecule has 0 spiro atoms. The van der Waals surface area contributed by atoms with Gasteiger partial charge in [-0.15, -0.1) is 0 Å². The Kier molecular flexibility index (Phi) is 5.25. The highest BCUT2D eigenvalue weighted by Gasteiger charge is 2.26. The number of amides is 1. The molecule has 7 nitrogen and oxygen atoms in total. The highest BCUT2D eigenvalue weighted by molar-refractivity contribution is 6.16. The van der Waals surface area contributed by atoms with Crippen molar-refractivity contribution in [2.45, 2.75) is 6.54 Å². The van der Waals surface area contributed by atoms with Gasteiger partial charge in [-0.1, -0.05) is 18.2 Å². The second-order valence-electron chi connectivity index (χ2n) is 7.99. The van der Waals surface area contributed by atoms with Gasteiger partial charge in [0.15, 0.2) is 0 Å². The molecule has 0 aliphatic carbocycles. The first-order valence-corrected chi connectivity index (χ1v) is 9.93. The standard InChI is InChI=1S/C22H28N6O/c1-26(2)12-11-23-22(29)16-9-10-18-19-20(16)24-17-8-6-5-7-15(17)21(19)25-28(18)14-13-27(3)4/h5-10,24H,11-14H2,1-4H3,(H,23,29). The summed E-state index contributed by atoms with van der Waals surface area (Å²) in [6, 6.07) is 12.0. The van der Waals surface area contributed by atoms with E-state index in [4.69, 9.17) is 5.10 Å². The maximum atomic E-state index is 12.9. The van der Waals surface area contributed by atoms with E-state index >= 15 is 0 Å². The average molecular weight is 393 g/mol. The lowest BCUT2D eigenvalue weighted by atomic mass is 9.97. The molecule has 0 bridgehead atoms. The molecule has 4 rings (SSSR count). The molecule has 0 atom stereocenters. The van der Waals surface area contributed by atoms with Gasteiger partial charge in [0.05, 0.1) is 28.7 Å². The van der Waals surface area contributed by atoms with Crippen LogP contribution in [0, 0.1) is 0 Å². The maximum absolute atomic E-state index is 12.9. The molecule has 3 aromatic rings. The lowest BCUT2D eigenvalue weighted by molar-refractivity contribution is 0.0952. The molecule has 0 fully saturated rings. The van der Waals surface area contributed by atoms with E-state index in [1.54, 1.807) is 0 Å². The number of para-hydroxylation sites is 1. The molecule has 7 heteroatoms. The Morgan fingerprint density at radius 1 is 1.07 bits per heavy atom. The summed E-state index contributed by atoms with van der Waals surface area (Å²) in [6.45, 7) is 3.09. The molecule has 152 valence electrons. The van der Waals surface area contributed by atoms with Crippen LogP contribution in [0.4, 0.5) is 11.4 Å². The van der Waals surface area contributed by atoms with Crippen molar-refractivity contribution in [2.24, 2.45) is 0 Å². The first-order chi connectivity index (χ1) is 14.0. The second-order valence-corrected chi connectivity index (χ2v) is 7.99. The van der Waals surface area contributed by atoms with Gasteiger partial charge in [-0.3, -0.25) is 9.48 Å². The zero-order chi connectivity index (χ0) is 20.5. The van der Waals surface area contributed by atoms with E-state index < -0.39 is 0 Å². The van der Waals surface area contributed by atoms with Gasteiger partial charge < -0.3 is 20.4 Å². The predicted octanol–water partition coefficient (Wildman–Crippen LogP) is 2.61. The van der Waals surface area contributed by atoms with Crippen molar-refractivity contribution in [3.05, 3.63) is 42.0 Å². The van der Waals surface area contributed by atoms with Gasteiger partial charge in [0, 0.05) is 30.9 Å². The molecule has 0 unspecified atom stereocenters. The molecule has 29 heavy (non-hydrogen) atoms. The predicted molar refractivity (Wildman–Crippen MR) is 118 cm³/mol. The van der Waals surface area contributed by atoms with Crippen LogP contribution in [0.1, 0.15) is 10.4 Å². The minimum absolute atomic E-state index is 0.0670. The molecule has 2 N–H and O–H groups in total. The highest BCUT2D eigenvalue weighted by Crippen LogP contribution is 2.44. The molecular formula is C22H28N6O. The van der Waals surface area contributed by atoms with E-state index in [1.807, 2.05) is 49.1 Å². The van der Waals surface area contributed by atoms with Gasteiger partial charge >= 0.3 is 0 Å². The lowest BCUT2D eigenvalue weighted by Crippen LogP contribution is -2.31. The summed E-state index contributed by atoms with van der Waals surface area (Å²) >= 11 is 0. The Morgan fingerprint density at radius 2 is 1.83 bits per heavy atom. The van der Waals surface area contributed by atoms with Crippen LogP contribution in [-0.4, -0.2) is 73.3 Å². The monoisotopic (exact) mass is 392 g/mol. The maximum Gasteiger partial charge on any atom is 0.253 e. The first-order valence-electron chi connectivity index (χ1n) is 9.93. The lowest BCUT2D eigenvalue weighted by Gasteiger charge is -2.20. The molecule has 1 aliphatic rings. The van der Waals surface area contributed by atoms with Crippen molar-refractivity contribution >= 4 is 28.2 Å². The fourth-order valence-corrected chi connectivity index (χ4v) is 3.67. The Balaban J connectivity index is 1.79. The molecule has 0 saturated carbocycles. The van der Waals surface area contributed by atoms with Crippen molar-refractivity contribution in [3.63, 3.8) is 0 Å². The zero-order valence-electron chi connectivity index (χ0n) is 17.5. The number of hydrogen-bond acceptors (Lipinski definition) is 5. The van der Waals surface area contributed by atoms with Crippen LogP contribution in [0.15, 0.2) is 36.4 Å². The van der Waals surface area contributed by atoms with Gasteiger partial charge in [-0.25, -0.2) is 0 Å². The summed E-state index contributed by atoms with van der Waals surface area (Å²) in [5.74, 6) is -0.0670. The SMILES string of the molecule is CN(C)CCNC(=O)c1ccc2c3c(nn2CCN(C)C)-c2ccccc2Nc13. The van der Waals surface area contributed by atoms with Crippen LogP contribution in [0.5, 0.6) is 0 Å². The number of nitrogens with one attached hydrogen (secondary N) is 2. The van der Waals surface area contributed by atoms with Crippen LogP contribution in [0.3, 0.4) is 0 Å². The smallest absolute Gasteiger partial charge is 0.253 e. The van der Waals surface area contributed by atoms with Crippen molar-refractivity contribution in [1.82, 2.24) is 24.9 Å². The molecular weight excluding hydrogens is 364 g/mol. The summed E-state index contributed by atoms with van der Waals surface area (Å²) in [4.78, 5) is 17.1.